The fourth-order valence-corrected chi connectivity index (χ4v) is 1.45. The van der Waals surface area contributed by atoms with Gasteiger partial charge in [-0.05, 0) is 18.2 Å². The molecule has 0 saturated heterocycles. The third kappa shape index (κ3) is 2.89. The summed E-state index contributed by atoms with van der Waals surface area (Å²) in [6.07, 6.45) is 2.84. The van der Waals surface area contributed by atoms with E-state index in [1.165, 1.54) is 12.5 Å². The van der Waals surface area contributed by atoms with E-state index in [2.05, 4.69) is 5.32 Å². The van der Waals surface area contributed by atoms with Crippen molar-refractivity contribution in [1.29, 1.82) is 0 Å². The lowest BCUT2D eigenvalue weighted by molar-refractivity contribution is 0.102. The second-order valence-electron chi connectivity index (χ2n) is 3.60. The molecule has 18 heavy (non-hydrogen) atoms. The van der Waals surface area contributed by atoms with Crippen molar-refractivity contribution in [2.24, 2.45) is 5.73 Å². The summed E-state index contributed by atoms with van der Waals surface area (Å²) in [6, 6.07) is 8.79. The number of nitrogens with one attached hydrogen (secondary N) is 1. The molecule has 1 heterocycles. The molecule has 0 aliphatic heterocycles. The van der Waals surface area contributed by atoms with Gasteiger partial charge >= 0.3 is 0 Å². The Kier molecular flexibility index (Phi) is 3.98. The molecular formula is C13H14N2O3. The van der Waals surface area contributed by atoms with Crippen LogP contribution in [-0.2, 0) is 0 Å². The van der Waals surface area contributed by atoms with Crippen molar-refractivity contribution in [3.63, 3.8) is 0 Å². The second kappa shape index (κ2) is 5.88. The van der Waals surface area contributed by atoms with Crippen LogP contribution >= 0.6 is 0 Å². The maximum absolute atomic E-state index is 11.8. The summed E-state index contributed by atoms with van der Waals surface area (Å²) in [6.45, 7) is 0.822. The number of carbonyl (C=O) groups excluding carboxylic acids is 1. The fraction of sp³-hybridized carbons (Fsp3) is 0.154. The molecule has 94 valence electrons. The van der Waals surface area contributed by atoms with Crippen LogP contribution in [0.2, 0.25) is 0 Å². The molecule has 2 rings (SSSR count). The summed E-state index contributed by atoms with van der Waals surface area (Å²) in [5.74, 6) is 0.354. The second-order valence-corrected chi connectivity index (χ2v) is 3.60. The first kappa shape index (κ1) is 12.2. The highest BCUT2D eigenvalue weighted by Gasteiger charge is 2.10. The summed E-state index contributed by atoms with van der Waals surface area (Å²) in [5.41, 5.74) is 6.45. The van der Waals surface area contributed by atoms with Gasteiger partial charge in [-0.25, -0.2) is 0 Å². The van der Waals surface area contributed by atoms with Gasteiger partial charge in [-0.15, -0.1) is 0 Å². The normalized spacial score (nSPS) is 10.1. The first-order chi connectivity index (χ1) is 8.81. The summed E-state index contributed by atoms with van der Waals surface area (Å²) >= 11 is 0. The van der Waals surface area contributed by atoms with Crippen molar-refractivity contribution in [2.45, 2.75) is 0 Å². The van der Waals surface area contributed by atoms with Crippen molar-refractivity contribution in [3.05, 3.63) is 48.4 Å². The topological polar surface area (TPSA) is 77.5 Å². The van der Waals surface area contributed by atoms with E-state index in [4.69, 9.17) is 14.9 Å². The van der Waals surface area contributed by atoms with E-state index in [1.807, 2.05) is 12.1 Å². The zero-order valence-corrected chi connectivity index (χ0v) is 9.76. The Hall–Kier alpha value is -2.27. The summed E-state index contributed by atoms with van der Waals surface area (Å²) < 4.78 is 10.3. The first-order valence-corrected chi connectivity index (χ1v) is 5.56. The Morgan fingerprint density at radius 1 is 1.33 bits per heavy atom. The minimum absolute atomic E-state index is 0.243. The van der Waals surface area contributed by atoms with Gasteiger partial charge in [0.2, 0.25) is 0 Å². The molecule has 2 aromatic rings. The number of hydrogen-bond acceptors (Lipinski definition) is 4. The molecule has 0 fully saturated rings. The van der Waals surface area contributed by atoms with Gasteiger partial charge in [0.05, 0.1) is 17.5 Å². The molecule has 5 heteroatoms. The van der Waals surface area contributed by atoms with Crippen LogP contribution in [-0.4, -0.2) is 19.1 Å². The Bertz CT molecular complexity index is 509. The molecule has 0 bridgehead atoms. The number of rotatable bonds is 5. The van der Waals surface area contributed by atoms with Crippen LogP contribution in [0.1, 0.15) is 10.4 Å². The molecule has 0 aliphatic carbocycles. The first-order valence-electron chi connectivity index (χ1n) is 5.56. The molecule has 0 radical (unpaired) electrons. The van der Waals surface area contributed by atoms with Crippen LogP contribution in [0, 0.1) is 0 Å². The quantitative estimate of drug-likeness (QED) is 0.844. The van der Waals surface area contributed by atoms with Crippen molar-refractivity contribution in [2.75, 3.05) is 18.5 Å². The molecule has 3 N–H and O–H groups in total. The van der Waals surface area contributed by atoms with E-state index in [0.717, 1.165) is 0 Å². The Morgan fingerprint density at radius 2 is 2.17 bits per heavy atom. The molecule has 0 aliphatic rings. The van der Waals surface area contributed by atoms with Crippen LogP contribution in [0.3, 0.4) is 0 Å². The van der Waals surface area contributed by atoms with E-state index in [1.54, 1.807) is 18.2 Å². The Balaban J connectivity index is 2.11. The van der Waals surface area contributed by atoms with Crippen LogP contribution in [0.15, 0.2) is 47.3 Å². The summed E-state index contributed by atoms with van der Waals surface area (Å²) in [5, 5.41) is 2.76. The van der Waals surface area contributed by atoms with E-state index < -0.39 is 0 Å². The maximum atomic E-state index is 11.8. The number of anilines is 1. The molecular weight excluding hydrogens is 232 g/mol. The SMILES string of the molecule is NCCOc1ccccc1NC(=O)c1ccoc1. The highest BCUT2D eigenvalue weighted by atomic mass is 16.5. The molecule has 0 spiro atoms. The van der Waals surface area contributed by atoms with Gasteiger partial charge in [0.25, 0.3) is 5.91 Å². The van der Waals surface area contributed by atoms with E-state index >= 15 is 0 Å². The number of amides is 1. The lowest BCUT2D eigenvalue weighted by Crippen LogP contribution is -2.14. The summed E-state index contributed by atoms with van der Waals surface area (Å²) in [7, 11) is 0. The molecule has 0 saturated carbocycles. The van der Waals surface area contributed by atoms with E-state index in [9.17, 15) is 4.79 Å². The average Bonchev–Trinajstić information content (AvgIpc) is 2.91. The predicted octanol–water partition coefficient (Wildman–Crippen LogP) is 1.87. The highest BCUT2D eigenvalue weighted by molar-refractivity contribution is 6.04. The van der Waals surface area contributed by atoms with Gasteiger partial charge in [0.1, 0.15) is 18.6 Å². The number of hydrogen-bond donors (Lipinski definition) is 2. The van der Waals surface area contributed by atoms with Crippen LogP contribution in [0.25, 0.3) is 0 Å². The van der Waals surface area contributed by atoms with Crippen molar-refractivity contribution < 1.29 is 13.9 Å². The lowest BCUT2D eigenvalue weighted by Gasteiger charge is -2.11. The third-order valence-electron chi connectivity index (χ3n) is 2.29. The standard InChI is InChI=1S/C13H14N2O3/c14-6-8-18-12-4-2-1-3-11(12)15-13(16)10-5-7-17-9-10/h1-5,7,9H,6,8,14H2,(H,15,16). The van der Waals surface area contributed by atoms with Crippen molar-refractivity contribution in [1.82, 2.24) is 0 Å². The average molecular weight is 246 g/mol. The zero-order valence-electron chi connectivity index (χ0n) is 9.76. The number of ether oxygens (including phenoxy) is 1. The molecule has 1 aromatic carbocycles. The van der Waals surface area contributed by atoms with E-state index in [-0.39, 0.29) is 5.91 Å². The van der Waals surface area contributed by atoms with Gasteiger partial charge in [-0.1, -0.05) is 12.1 Å². The Labute approximate surface area is 105 Å². The van der Waals surface area contributed by atoms with Gasteiger partial charge in [-0.3, -0.25) is 4.79 Å². The van der Waals surface area contributed by atoms with Crippen LogP contribution in [0.4, 0.5) is 5.69 Å². The maximum Gasteiger partial charge on any atom is 0.259 e. The lowest BCUT2D eigenvalue weighted by atomic mass is 10.2. The van der Waals surface area contributed by atoms with Crippen LogP contribution in [0.5, 0.6) is 5.75 Å². The fourth-order valence-electron chi connectivity index (χ4n) is 1.45. The molecule has 0 atom stereocenters. The van der Waals surface area contributed by atoms with Crippen LogP contribution < -0.4 is 15.8 Å². The molecule has 1 aromatic heterocycles. The highest BCUT2D eigenvalue weighted by Crippen LogP contribution is 2.24. The molecule has 1 amide bonds. The monoisotopic (exact) mass is 246 g/mol. The summed E-state index contributed by atoms with van der Waals surface area (Å²) in [4.78, 5) is 11.8. The minimum atomic E-state index is -0.243. The van der Waals surface area contributed by atoms with Crippen molar-refractivity contribution >= 4 is 11.6 Å². The third-order valence-corrected chi connectivity index (χ3v) is 2.29. The number of nitrogens with two attached hydrogens (primary N) is 1. The number of furan rings is 1. The predicted molar refractivity (Wildman–Crippen MR) is 67.7 cm³/mol. The number of benzene rings is 1. The molecule has 0 unspecified atom stereocenters. The van der Waals surface area contributed by atoms with Gasteiger partial charge < -0.3 is 20.2 Å². The van der Waals surface area contributed by atoms with Gasteiger partial charge in [0.15, 0.2) is 0 Å². The number of carbonyl (C=O) groups is 1. The largest absolute Gasteiger partial charge is 0.490 e. The zero-order chi connectivity index (χ0) is 12.8. The minimum Gasteiger partial charge on any atom is -0.490 e. The number of para-hydroxylation sites is 2. The van der Waals surface area contributed by atoms with Gasteiger partial charge in [-0.2, -0.15) is 0 Å². The molecule has 5 nitrogen and oxygen atoms in total. The smallest absolute Gasteiger partial charge is 0.259 e. The van der Waals surface area contributed by atoms with Crippen molar-refractivity contribution in [3.8, 4) is 5.75 Å². The van der Waals surface area contributed by atoms with E-state index in [0.29, 0.717) is 30.2 Å². The Morgan fingerprint density at radius 3 is 2.89 bits per heavy atom. The van der Waals surface area contributed by atoms with Gasteiger partial charge in [0, 0.05) is 6.54 Å².